The van der Waals surface area contributed by atoms with Crippen molar-refractivity contribution in [3.8, 4) is 0 Å². The maximum absolute atomic E-state index is 12.7. The molecule has 2 aromatic carbocycles. The zero-order chi connectivity index (χ0) is 70.1. The zero-order valence-corrected chi connectivity index (χ0v) is 47.7. The van der Waals surface area contributed by atoms with Crippen LogP contribution in [0.5, 0.6) is 0 Å². The normalized spacial score (nSPS) is 10.5. The lowest BCUT2D eigenvalue weighted by atomic mass is 9.96. The summed E-state index contributed by atoms with van der Waals surface area (Å²) in [5.74, 6) is -2.74. The highest BCUT2D eigenvalue weighted by atomic mass is 19.4. The summed E-state index contributed by atoms with van der Waals surface area (Å²) in [4.78, 5) is 83.0. The minimum Gasteiger partial charge on any atom is -0.460 e. The number of alkyl halides is 14. The van der Waals surface area contributed by atoms with Gasteiger partial charge in [-0.25, -0.2) is 60.0 Å². The van der Waals surface area contributed by atoms with Crippen molar-refractivity contribution in [1.29, 1.82) is 0 Å². The number of aliphatic hydroxyl groups is 2. The van der Waals surface area contributed by atoms with Gasteiger partial charge < -0.3 is 49.3 Å². The third-order valence-corrected chi connectivity index (χ3v) is 7.94. The molecule has 0 spiro atoms. The van der Waals surface area contributed by atoms with E-state index in [4.69, 9.17) is 19.7 Å². The second kappa shape index (κ2) is 55.7. The van der Waals surface area contributed by atoms with Gasteiger partial charge >= 0.3 is 48.7 Å². The Hall–Kier alpha value is -7.62. The van der Waals surface area contributed by atoms with E-state index >= 15 is 0 Å². The topological polar surface area (TPSA) is 298 Å². The molecule has 4 N–H and O–H groups in total. The van der Waals surface area contributed by atoms with Gasteiger partial charge in [0.05, 0.1) is 19.7 Å². The molecular formula is C50H65F16N3O20. The molecule has 89 heavy (non-hydrogen) atoms. The number of nitrogens with one attached hydrogen (secondary N) is 2. The van der Waals surface area contributed by atoms with Gasteiger partial charge in [0, 0.05) is 49.5 Å². The molecule has 0 unspecified atom stereocenters. The van der Waals surface area contributed by atoms with Gasteiger partial charge in [-0.3, -0.25) is 19.1 Å². The largest absolute Gasteiger partial charge is 0.492 e. The summed E-state index contributed by atoms with van der Waals surface area (Å²) in [7, 11) is 2.94. The fourth-order valence-electron chi connectivity index (χ4n) is 4.15. The number of esters is 2. The van der Waals surface area contributed by atoms with Crippen molar-refractivity contribution < 1.29 is 167 Å². The first-order valence-electron chi connectivity index (χ1n) is 23.7. The standard InChI is InChI=1S/C16H16O3.C9H14FNO4.C8H12FNO3.C7H9NO3.C4H2F8O3.C3H4F4O2.C2H5FO.CH3FO/c1-18-16(19-2,14-11-7-4-8-12-14)15(17)13-9-5-3-6-10-13;1-7(2)8(12)14-6-4-11-9(13)15-5-3-10;1-6(2)7(11)3-4-10-8(12)13-5-9;1-6(2)7(10)11-4-3-8-5-9;5-1-13-4(10,11)14-2(6,7)3(8,9)15-12;4-2-8-3(5,6)1-9-7;3-1-2-4;2-1-3/h3-12H,1-2H3;1,3-6H2,2H3,(H,11,13);1,3-5H2,2H3,(H,10,12);1,3-4H2,2H3;1H2;1-2H2;4H,1-2H2;3H,1H2. The molecular weight excluding hydrogens is 1270 g/mol. The number of hydrogen-bond donors (Lipinski definition) is 4. The van der Waals surface area contributed by atoms with Gasteiger partial charge in [0.2, 0.25) is 18.7 Å². The molecule has 2 amide bonds. The first-order chi connectivity index (χ1) is 41.6. The van der Waals surface area contributed by atoms with Crippen molar-refractivity contribution in [2.24, 2.45) is 4.99 Å². The number of nitrogens with zero attached hydrogens (tertiary/aromatic N) is 1. The van der Waals surface area contributed by atoms with Crippen molar-refractivity contribution >= 4 is 41.8 Å². The SMILES string of the molecule is C=C(C)C(=O)CCNC(=O)OCF.C=C(C)C(=O)OCCN=C=O.C=C(C)C(=O)OCCNC(=O)OCCF.COC(OC)(C(=O)c1ccccc1)c1ccccc1.FCOC(F)(F)COF.FCOC(F)(F)OC(F)(F)C(F)(F)OF.OCCF.OCF. The van der Waals surface area contributed by atoms with E-state index in [9.17, 15) is 104 Å². The lowest BCUT2D eigenvalue weighted by Gasteiger charge is -2.29. The van der Waals surface area contributed by atoms with Crippen molar-refractivity contribution in [3.63, 3.8) is 0 Å². The Balaban J connectivity index is -0.000000230. The van der Waals surface area contributed by atoms with Gasteiger partial charge in [0.25, 0.3) is 5.79 Å². The average Bonchev–Trinajstić information content (AvgIpc) is 3.61. The van der Waals surface area contributed by atoms with Gasteiger partial charge in [0.15, 0.2) is 33.0 Å². The van der Waals surface area contributed by atoms with Crippen molar-refractivity contribution in [2.75, 3.05) is 108 Å². The minimum atomic E-state index is -6.04. The van der Waals surface area contributed by atoms with E-state index in [0.29, 0.717) is 22.3 Å². The van der Waals surface area contributed by atoms with Crippen molar-refractivity contribution in [3.05, 3.63) is 108 Å². The van der Waals surface area contributed by atoms with E-state index in [1.54, 1.807) is 26.0 Å². The van der Waals surface area contributed by atoms with E-state index in [1.807, 2.05) is 48.5 Å². The van der Waals surface area contributed by atoms with Crippen LogP contribution in [0, 0.1) is 0 Å². The number of rotatable bonds is 31. The predicted molar refractivity (Wildman–Crippen MR) is 273 cm³/mol. The number of isocyanates is 1. The first-order valence-corrected chi connectivity index (χ1v) is 23.7. The Morgan fingerprint density at radius 1 is 0.607 bits per heavy atom. The lowest BCUT2D eigenvalue weighted by molar-refractivity contribution is -0.548. The highest BCUT2D eigenvalue weighted by molar-refractivity contribution is 6.02. The third kappa shape index (κ3) is 50.0. The number of benzene rings is 2. The van der Waals surface area contributed by atoms with E-state index < -0.39 is 102 Å². The fraction of sp³-hybridized carbons (Fsp3) is 0.500. The summed E-state index contributed by atoms with van der Waals surface area (Å²) < 4.78 is 217. The highest BCUT2D eigenvalue weighted by Gasteiger charge is 2.66. The summed E-state index contributed by atoms with van der Waals surface area (Å²) in [6.07, 6.45) is -21.4. The van der Waals surface area contributed by atoms with Crippen LogP contribution in [0.2, 0.25) is 0 Å². The number of allylic oxidation sites excluding steroid dienone is 1. The Morgan fingerprint density at radius 3 is 1.46 bits per heavy atom. The summed E-state index contributed by atoms with van der Waals surface area (Å²) in [6, 6.07) is 18.2. The number of aliphatic hydroxyl groups excluding tert-OH is 2. The molecule has 0 aromatic heterocycles. The van der Waals surface area contributed by atoms with Gasteiger partial charge in [-0.1, -0.05) is 80.4 Å². The highest BCUT2D eigenvalue weighted by Crippen LogP contribution is 2.40. The second-order valence-electron chi connectivity index (χ2n) is 14.7. The summed E-state index contributed by atoms with van der Waals surface area (Å²) in [5, 5.41) is 18.9. The molecule has 0 heterocycles. The van der Waals surface area contributed by atoms with Crippen LogP contribution in [0.3, 0.4) is 0 Å². The van der Waals surface area contributed by atoms with E-state index in [-0.39, 0.29) is 69.6 Å². The van der Waals surface area contributed by atoms with Gasteiger partial charge in [-0.2, -0.15) is 31.3 Å². The Labute approximate surface area is 497 Å². The molecule has 0 aliphatic carbocycles. The summed E-state index contributed by atoms with van der Waals surface area (Å²) >= 11 is 0. The molecule has 23 nitrogen and oxygen atoms in total. The maximum Gasteiger partial charge on any atom is 0.492 e. The molecule has 0 radical (unpaired) electrons. The number of aliphatic imine (C=N–C) groups is 1. The number of Topliss-reactive ketones (excluding diaryl/α,β-unsaturated/α-hetero) is 2. The average molecular weight is 1330 g/mol. The van der Waals surface area contributed by atoms with Crippen LogP contribution in [0.25, 0.3) is 0 Å². The number of carbonyl (C=O) groups excluding carboxylic acids is 7. The van der Waals surface area contributed by atoms with Gasteiger partial charge in [-0.05, 0) is 35.4 Å². The number of ketones is 2. The van der Waals surface area contributed by atoms with E-state index in [0.717, 1.165) is 0 Å². The molecule has 0 saturated carbocycles. The van der Waals surface area contributed by atoms with Crippen LogP contribution in [0.15, 0.2) is 102 Å². The quantitative estimate of drug-likeness (QED) is 0.00629. The van der Waals surface area contributed by atoms with Crippen LogP contribution < -0.4 is 10.6 Å². The number of amides is 2. The van der Waals surface area contributed by atoms with Crippen molar-refractivity contribution in [1.82, 2.24) is 10.6 Å². The van der Waals surface area contributed by atoms with Gasteiger partial charge in [0.1, 0.15) is 33.2 Å². The minimum absolute atomic E-state index is 0.0242. The summed E-state index contributed by atoms with van der Waals surface area (Å²) in [6.45, 7) is 5.43. The van der Waals surface area contributed by atoms with Crippen LogP contribution in [0.1, 0.15) is 43.1 Å². The monoisotopic (exact) mass is 1330 g/mol. The molecule has 2 aromatic rings. The maximum atomic E-state index is 12.7. The number of alkyl carbamates (subject to hydrolysis) is 2. The summed E-state index contributed by atoms with van der Waals surface area (Å²) in [5.41, 5.74) is 2.28. The number of ether oxygens (including phenoxy) is 9. The molecule has 2 rings (SSSR count). The fourth-order valence-corrected chi connectivity index (χ4v) is 4.15. The smallest absolute Gasteiger partial charge is 0.460 e. The number of methoxy groups -OCH3 is 2. The molecule has 0 fully saturated rings. The van der Waals surface area contributed by atoms with E-state index in [2.05, 4.69) is 73.5 Å². The molecule has 0 aliphatic rings. The molecule has 512 valence electrons. The number of halogens is 16. The molecule has 0 atom stereocenters. The third-order valence-electron chi connectivity index (χ3n) is 7.94. The Morgan fingerprint density at radius 2 is 1.07 bits per heavy atom. The van der Waals surface area contributed by atoms with Crippen LogP contribution in [-0.4, -0.2) is 184 Å². The zero-order valence-electron chi connectivity index (χ0n) is 47.7. The molecule has 0 bridgehead atoms. The lowest BCUT2D eigenvalue weighted by Crippen LogP contribution is -2.48. The first kappa shape index (κ1) is 92.5. The van der Waals surface area contributed by atoms with Crippen molar-refractivity contribution in [2.45, 2.75) is 57.6 Å². The number of hydrogen-bond acceptors (Lipinski definition) is 21. The molecule has 0 aliphatic heterocycles. The molecule has 39 heteroatoms. The number of carbonyl (C=O) groups is 6. The Kier molecular flexibility index (Phi) is 57.9. The second-order valence-corrected chi connectivity index (χ2v) is 14.7. The Bertz CT molecular complexity index is 2300. The van der Waals surface area contributed by atoms with Gasteiger partial charge in [-0.15, -0.1) is 13.7 Å². The van der Waals surface area contributed by atoms with E-state index in [1.165, 1.54) is 32.2 Å². The van der Waals surface area contributed by atoms with Crippen LogP contribution >= 0.6 is 0 Å². The predicted octanol–water partition coefficient (Wildman–Crippen LogP) is 9.29. The van der Waals surface area contributed by atoms with Crippen LogP contribution in [-0.2, 0) is 77.5 Å². The molecule has 0 saturated heterocycles. The van der Waals surface area contributed by atoms with Crippen LogP contribution in [0.4, 0.5) is 80.1 Å².